The second-order valence-corrected chi connectivity index (χ2v) is 3.33. The Morgan fingerprint density at radius 1 is 1.50 bits per heavy atom. The van der Waals surface area contributed by atoms with E-state index in [1.807, 2.05) is 6.92 Å². The summed E-state index contributed by atoms with van der Waals surface area (Å²) in [6.45, 7) is 2.03. The summed E-state index contributed by atoms with van der Waals surface area (Å²) in [6, 6.07) is -0.00463. The third-order valence-corrected chi connectivity index (χ3v) is 2.60. The van der Waals surface area contributed by atoms with E-state index in [0.717, 1.165) is 32.1 Å². The maximum absolute atomic E-state index is 9.83. The van der Waals surface area contributed by atoms with Crippen molar-refractivity contribution < 1.29 is 5.11 Å². The van der Waals surface area contributed by atoms with Crippen molar-refractivity contribution in [3.05, 3.63) is 0 Å². The zero-order valence-electron chi connectivity index (χ0n) is 6.64. The molecule has 0 aromatic rings. The first-order valence-electron chi connectivity index (χ1n) is 4.17. The Labute approximate surface area is 62.4 Å². The topological polar surface area (TPSA) is 46.2 Å². The highest BCUT2D eigenvalue weighted by Gasteiger charge is 2.35. The van der Waals surface area contributed by atoms with E-state index in [-0.39, 0.29) is 6.04 Å². The van der Waals surface area contributed by atoms with Gasteiger partial charge in [0.2, 0.25) is 0 Å². The minimum absolute atomic E-state index is 0.00463. The molecule has 2 heteroatoms. The van der Waals surface area contributed by atoms with Gasteiger partial charge < -0.3 is 10.8 Å². The standard InChI is InChI=1S/C8H17NO/c1-2-7(9)8(10)5-3-4-6-8/h7,10H,2-6,9H2,1H3. The lowest BCUT2D eigenvalue weighted by Gasteiger charge is -2.28. The van der Waals surface area contributed by atoms with Gasteiger partial charge in [0.05, 0.1) is 5.60 Å². The molecule has 0 amide bonds. The van der Waals surface area contributed by atoms with Crippen LogP contribution in [0.15, 0.2) is 0 Å². The number of hydrogen-bond acceptors (Lipinski definition) is 2. The van der Waals surface area contributed by atoms with Crippen LogP contribution in [0.3, 0.4) is 0 Å². The molecule has 0 aliphatic heterocycles. The van der Waals surface area contributed by atoms with Gasteiger partial charge in [0.15, 0.2) is 0 Å². The van der Waals surface area contributed by atoms with E-state index in [0.29, 0.717) is 0 Å². The molecule has 0 aromatic heterocycles. The monoisotopic (exact) mass is 143 g/mol. The van der Waals surface area contributed by atoms with Crippen LogP contribution < -0.4 is 5.73 Å². The number of nitrogens with two attached hydrogens (primary N) is 1. The Morgan fingerprint density at radius 3 is 2.40 bits per heavy atom. The van der Waals surface area contributed by atoms with Gasteiger partial charge in [-0.25, -0.2) is 0 Å². The fourth-order valence-corrected chi connectivity index (χ4v) is 1.74. The van der Waals surface area contributed by atoms with Crippen LogP contribution >= 0.6 is 0 Å². The van der Waals surface area contributed by atoms with Gasteiger partial charge in [-0.2, -0.15) is 0 Å². The smallest absolute Gasteiger partial charge is 0.0797 e. The van der Waals surface area contributed by atoms with Gasteiger partial charge in [-0.3, -0.25) is 0 Å². The van der Waals surface area contributed by atoms with Crippen LogP contribution in [0.1, 0.15) is 39.0 Å². The Kier molecular flexibility index (Phi) is 2.32. The molecule has 0 heterocycles. The Morgan fingerprint density at radius 2 is 2.00 bits per heavy atom. The van der Waals surface area contributed by atoms with Crippen molar-refractivity contribution in [1.82, 2.24) is 0 Å². The molecule has 0 bridgehead atoms. The molecule has 1 fully saturated rings. The first-order chi connectivity index (χ1) is 4.69. The highest BCUT2D eigenvalue weighted by Crippen LogP contribution is 2.32. The summed E-state index contributed by atoms with van der Waals surface area (Å²) in [4.78, 5) is 0. The van der Waals surface area contributed by atoms with E-state index in [2.05, 4.69) is 0 Å². The van der Waals surface area contributed by atoms with Gasteiger partial charge >= 0.3 is 0 Å². The van der Waals surface area contributed by atoms with Crippen molar-refractivity contribution in [2.45, 2.75) is 50.7 Å². The number of rotatable bonds is 2. The van der Waals surface area contributed by atoms with Crippen LogP contribution in [0.2, 0.25) is 0 Å². The molecule has 3 N–H and O–H groups in total. The molecule has 0 radical (unpaired) electrons. The lowest BCUT2D eigenvalue weighted by atomic mass is 9.91. The summed E-state index contributed by atoms with van der Waals surface area (Å²) in [5.41, 5.74) is 5.24. The normalized spacial score (nSPS) is 26.7. The van der Waals surface area contributed by atoms with Gasteiger partial charge in [-0.1, -0.05) is 19.8 Å². The largest absolute Gasteiger partial charge is 0.388 e. The highest BCUT2D eigenvalue weighted by atomic mass is 16.3. The van der Waals surface area contributed by atoms with Crippen LogP contribution in [0, 0.1) is 0 Å². The Bertz CT molecular complexity index is 108. The fraction of sp³-hybridized carbons (Fsp3) is 1.00. The second kappa shape index (κ2) is 2.89. The highest BCUT2D eigenvalue weighted by molar-refractivity contribution is 4.92. The van der Waals surface area contributed by atoms with Crippen molar-refractivity contribution >= 4 is 0 Å². The van der Waals surface area contributed by atoms with Crippen molar-refractivity contribution in [2.24, 2.45) is 5.73 Å². The van der Waals surface area contributed by atoms with Crippen molar-refractivity contribution in [1.29, 1.82) is 0 Å². The summed E-state index contributed by atoms with van der Waals surface area (Å²) in [5, 5.41) is 9.83. The summed E-state index contributed by atoms with van der Waals surface area (Å²) < 4.78 is 0. The first-order valence-corrected chi connectivity index (χ1v) is 4.17. The van der Waals surface area contributed by atoms with Gasteiger partial charge in [0.1, 0.15) is 0 Å². The van der Waals surface area contributed by atoms with E-state index in [1.54, 1.807) is 0 Å². The molecule has 1 aliphatic rings. The molecule has 0 saturated heterocycles. The summed E-state index contributed by atoms with van der Waals surface area (Å²) in [6.07, 6.45) is 4.98. The summed E-state index contributed by atoms with van der Waals surface area (Å²) in [5.74, 6) is 0. The molecular weight excluding hydrogens is 126 g/mol. The van der Waals surface area contributed by atoms with Crippen molar-refractivity contribution in [3.63, 3.8) is 0 Å². The van der Waals surface area contributed by atoms with E-state index in [1.165, 1.54) is 0 Å². The van der Waals surface area contributed by atoms with E-state index < -0.39 is 5.60 Å². The lowest BCUT2D eigenvalue weighted by molar-refractivity contribution is 0.0199. The molecule has 2 nitrogen and oxygen atoms in total. The molecule has 1 unspecified atom stereocenters. The zero-order valence-corrected chi connectivity index (χ0v) is 6.64. The average Bonchev–Trinajstić information content (AvgIpc) is 2.36. The fourth-order valence-electron chi connectivity index (χ4n) is 1.74. The maximum atomic E-state index is 9.83. The Hall–Kier alpha value is -0.0800. The number of aliphatic hydroxyl groups is 1. The minimum Gasteiger partial charge on any atom is -0.388 e. The SMILES string of the molecule is CCC(N)C1(O)CCCC1. The van der Waals surface area contributed by atoms with Crippen LogP contribution in [0.5, 0.6) is 0 Å². The first kappa shape index (κ1) is 8.02. The molecule has 1 aliphatic carbocycles. The predicted octanol–water partition coefficient (Wildman–Crippen LogP) is 1.03. The van der Waals surface area contributed by atoms with Crippen LogP contribution in [0.25, 0.3) is 0 Å². The van der Waals surface area contributed by atoms with Gasteiger partial charge in [0.25, 0.3) is 0 Å². The van der Waals surface area contributed by atoms with Crippen LogP contribution in [-0.2, 0) is 0 Å². The third kappa shape index (κ3) is 1.32. The van der Waals surface area contributed by atoms with E-state index in [9.17, 15) is 5.11 Å². The van der Waals surface area contributed by atoms with Gasteiger partial charge in [-0.05, 0) is 19.3 Å². The summed E-state index contributed by atoms with van der Waals surface area (Å²) >= 11 is 0. The molecule has 10 heavy (non-hydrogen) atoms. The van der Waals surface area contributed by atoms with Gasteiger partial charge in [-0.15, -0.1) is 0 Å². The Balaban J connectivity index is 2.49. The second-order valence-electron chi connectivity index (χ2n) is 3.33. The molecule has 1 atom stereocenters. The minimum atomic E-state index is -0.519. The van der Waals surface area contributed by atoms with Crippen molar-refractivity contribution in [3.8, 4) is 0 Å². The van der Waals surface area contributed by atoms with E-state index in [4.69, 9.17) is 5.73 Å². The molecular formula is C8H17NO. The van der Waals surface area contributed by atoms with Crippen LogP contribution in [-0.4, -0.2) is 16.7 Å². The number of hydrogen-bond donors (Lipinski definition) is 2. The zero-order chi connectivity index (χ0) is 7.61. The average molecular weight is 143 g/mol. The summed E-state index contributed by atoms with van der Waals surface area (Å²) in [7, 11) is 0. The molecule has 0 aromatic carbocycles. The van der Waals surface area contributed by atoms with Gasteiger partial charge in [0, 0.05) is 6.04 Å². The molecule has 60 valence electrons. The van der Waals surface area contributed by atoms with Crippen molar-refractivity contribution in [2.75, 3.05) is 0 Å². The third-order valence-electron chi connectivity index (χ3n) is 2.60. The quantitative estimate of drug-likeness (QED) is 0.606. The van der Waals surface area contributed by atoms with E-state index >= 15 is 0 Å². The lowest BCUT2D eigenvalue weighted by Crippen LogP contribution is -2.45. The maximum Gasteiger partial charge on any atom is 0.0797 e. The molecule has 1 saturated carbocycles. The molecule has 1 rings (SSSR count). The molecule has 0 spiro atoms. The predicted molar refractivity (Wildman–Crippen MR) is 41.7 cm³/mol. The van der Waals surface area contributed by atoms with Crippen LogP contribution in [0.4, 0.5) is 0 Å².